The monoisotopic (exact) mass is 384 g/mol. The van der Waals surface area contributed by atoms with Gasteiger partial charge in [0.1, 0.15) is 0 Å². The third kappa shape index (κ3) is 5.29. The van der Waals surface area contributed by atoms with E-state index in [2.05, 4.69) is 15.6 Å². The second kappa shape index (κ2) is 8.46. The lowest BCUT2D eigenvalue weighted by atomic mass is 10.2. The Hall–Kier alpha value is -1.90. The van der Waals surface area contributed by atoms with E-state index in [-0.39, 0.29) is 18.2 Å². The molecule has 1 aromatic heterocycles. The maximum atomic E-state index is 11.8. The van der Waals surface area contributed by atoms with Crippen LogP contribution in [0, 0.1) is 0 Å². The zero-order valence-corrected chi connectivity index (χ0v) is 15.7. The summed E-state index contributed by atoms with van der Waals surface area (Å²) >= 11 is 5.96. The molecule has 0 radical (unpaired) electrons. The van der Waals surface area contributed by atoms with Crippen molar-refractivity contribution in [3.8, 4) is 0 Å². The minimum absolute atomic E-state index is 0.0303. The number of nitrogens with one attached hydrogen (secondary N) is 2. The van der Waals surface area contributed by atoms with Crippen molar-refractivity contribution >= 4 is 44.1 Å². The van der Waals surface area contributed by atoms with Crippen LogP contribution in [-0.4, -0.2) is 56.0 Å². The molecule has 2 rings (SSSR count). The molecule has 0 unspecified atom stereocenters. The lowest BCUT2D eigenvalue weighted by Crippen LogP contribution is -2.40. The van der Waals surface area contributed by atoms with Crippen LogP contribution in [0.3, 0.4) is 0 Å². The highest BCUT2D eigenvalue weighted by molar-refractivity contribution is 7.89. The highest BCUT2D eigenvalue weighted by Crippen LogP contribution is 2.23. The van der Waals surface area contributed by atoms with E-state index in [1.165, 1.54) is 7.05 Å². The minimum Gasteiger partial charge on any atom is -0.383 e. The van der Waals surface area contributed by atoms with E-state index in [4.69, 9.17) is 11.6 Å². The molecule has 25 heavy (non-hydrogen) atoms. The summed E-state index contributed by atoms with van der Waals surface area (Å²) in [5.41, 5.74) is 1.68. The van der Waals surface area contributed by atoms with Crippen molar-refractivity contribution in [2.75, 3.05) is 37.8 Å². The Kier molecular flexibility index (Phi) is 6.57. The van der Waals surface area contributed by atoms with Gasteiger partial charge in [-0.15, -0.1) is 0 Å². The summed E-state index contributed by atoms with van der Waals surface area (Å²) in [6.45, 7) is 2.22. The number of sulfonamides is 1. The summed E-state index contributed by atoms with van der Waals surface area (Å²) < 4.78 is 24.3. The van der Waals surface area contributed by atoms with Crippen LogP contribution in [0.25, 0.3) is 10.9 Å². The number of anilines is 1. The Morgan fingerprint density at radius 2 is 2.04 bits per heavy atom. The highest BCUT2D eigenvalue weighted by Gasteiger charge is 2.17. The molecule has 0 aliphatic heterocycles. The van der Waals surface area contributed by atoms with Gasteiger partial charge in [0, 0.05) is 42.4 Å². The molecule has 0 aliphatic carbocycles. The molecule has 0 fully saturated rings. The van der Waals surface area contributed by atoms with Gasteiger partial charge in [-0.05, 0) is 31.2 Å². The summed E-state index contributed by atoms with van der Waals surface area (Å²) in [7, 11) is -1.96. The average Bonchev–Trinajstić information content (AvgIpc) is 2.58. The molecule has 9 heteroatoms. The molecule has 0 spiro atoms. The van der Waals surface area contributed by atoms with Crippen molar-refractivity contribution < 1.29 is 13.2 Å². The maximum absolute atomic E-state index is 11.8. The average molecular weight is 385 g/mol. The number of likely N-dealkylation sites (N-methyl/N-ethyl adjacent to an activating group) is 1. The van der Waals surface area contributed by atoms with Crippen LogP contribution in [0.1, 0.15) is 6.92 Å². The lowest BCUT2D eigenvalue weighted by molar-refractivity contribution is -0.121. The first-order chi connectivity index (χ1) is 11.8. The Bertz CT molecular complexity index is 858. The number of carbonyl (C=O) groups excluding carboxylic acids is 1. The number of fused-ring (bicyclic) bond motifs is 1. The van der Waals surface area contributed by atoms with Crippen molar-refractivity contribution in [3.63, 3.8) is 0 Å². The van der Waals surface area contributed by atoms with Gasteiger partial charge in [-0.1, -0.05) is 11.6 Å². The SMILES string of the molecule is CCS(=O)(=O)N(C)CC(=O)NCCNc1ccnc2cc(Cl)ccc12. The number of nitrogens with zero attached hydrogens (tertiary/aromatic N) is 2. The van der Waals surface area contributed by atoms with E-state index in [1.807, 2.05) is 12.1 Å². The molecule has 0 saturated heterocycles. The van der Waals surface area contributed by atoms with Gasteiger partial charge in [0.2, 0.25) is 15.9 Å². The third-order valence-corrected chi connectivity index (χ3v) is 5.72. The van der Waals surface area contributed by atoms with Gasteiger partial charge in [-0.25, -0.2) is 8.42 Å². The number of halogens is 1. The molecule has 2 aromatic rings. The van der Waals surface area contributed by atoms with Crippen LogP contribution in [0.2, 0.25) is 5.02 Å². The standard InChI is InChI=1S/C16H21ClN4O3S/c1-3-25(23,24)21(2)11-16(22)20-9-8-19-14-6-7-18-15-10-12(17)4-5-13(14)15/h4-7,10H,3,8-9,11H2,1-2H3,(H,18,19)(H,20,22). The van der Waals surface area contributed by atoms with Gasteiger partial charge in [0.05, 0.1) is 17.8 Å². The van der Waals surface area contributed by atoms with Crippen LogP contribution in [0.4, 0.5) is 5.69 Å². The highest BCUT2D eigenvalue weighted by atomic mass is 35.5. The summed E-state index contributed by atoms with van der Waals surface area (Å²) in [6, 6.07) is 7.31. The molecule has 0 bridgehead atoms. The molecule has 0 saturated carbocycles. The van der Waals surface area contributed by atoms with E-state index in [0.717, 1.165) is 20.9 Å². The Balaban J connectivity index is 1.85. The van der Waals surface area contributed by atoms with Gasteiger partial charge in [0.25, 0.3) is 0 Å². The number of benzene rings is 1. The van der Waals surface area contributed by atoms with Gasteiger partial charge < -0.3 is 10.6 Å². The van der Waals surface area contributed by atoms with Gasteiger partial charge in [0.15, 0.2) is 0 Å². The predicted molar refractivity (Wildman–Crippen MR) is 100 cm³/mol. The Labute approximate surface area is 152 Å². The molecule has 7 nitrogen and oxygen atoms in total. The van der Waals surface area contributed by atoms with Crippen molar-refractivity contribution in [2.24, 2.45) is 0 Å². The molecule has 1 amide bonds. The number of aromatic nitrogens is 1. The Morgan fingerprint density at radius 3 is 2.76 bits per heavy atom. The molecule has 0 atom stereocenters. The fourth-order valence-electron chi connectivity index (χ4n) is 2.25. The number of rotatable bonds is 8. The molecule has 0 aliphatic rings. The van der Waals surface area contributed by atoms with Crippen LogP contribution < -0.4 is 10.6 Å². The van der Waals surface area contributed by atoms with E-state index < -0.39 is 10.0 Å². The van der Waals surface area contributed by atoms with Crippen molar-refractivity contribution in [1.29, 1.82) is 0 Å². The topological polar surface area (TPSA) is 91.4 Å². The first-order valence-electron chi connectivity index (χ1n) is 7.82. The second-order valence-electron chi connectivity index (χ2n) is 5.45. The number of carbonyl (C=O) groups is 1. The van der Waals surface area contributed by atoms with Crippen LogP contribution >= 0.6 is 11.6 Å². The van der Waals surface area contributed by atoms with E-state index in [0.29, 0.717) is 18.1 Å². The van der Waals surface area contributed by atoms with Gasteiger partial charge in [-0.2, -0.15) is 4.31 Å². The maximum Gasteiger partial charge on any atom is 0.235 e. The number of hydrogen-bond donors (Lipinski definition) is 2. The molecule has 2 N–H and O–H groups in total. The second-order valence-corrected chi connectivity index (χ2v) is 8.25. The number of pyridine rings is 1. The normalized spacial score (nSPS) is 11.7. The van der Waals surface area contributed by atoms with E-state index >= 15 is 0 Å². The lowest BCUT2D eigenvalue weighted by Gasteiger charge is -2.16. The summed E-state index contributed by atoms with van der Waals surface area (Å²) in [5.74, 6) is -0.370. The summed E-state index contributed by atoms with van der Waals surface area (Å²) in [4.78, 5) is 16.1. The van der Waals surface area contributed by atoms with Crippen LogP contribution in [0.15, 0.2) is 30.5 Å². The fourth-order valence-corrected chi connectivity index (χ4v) is 3.17. The first-order valence-corrected chi connectivity index (χ1v) is 9.81. The van der Waals surface area contributed by atoms with Gasteiger partial charge in [-0.3, -0.25) is 9.78 Å². The Morgan fingerprint density at radius 1 is 1.28 bits per heavy atom. The third-order valence-electron chi connectivity index (χ3n) is 3.67. The zero-order chi connectivity index (χ0) is 18.4. The molecule has 136 valence electrons. The number of hydrogen-bond acceptors (Lipinski definition) is 5. The minimum atomic E-state index is -3.36. The smallest absolute Gasteiger partial charge is 0.235 e. The fraction of sp³-hybridized carbons (Fsp3) is 0.375. The quantitative estimate of drug-likeness (QED) is 0.676. The predicted octanol–water partition coefficient (Wildman–Crippen LogP) is 1.70. The first kappa shape index (κ1) is 19.4. The van der Waals surface area contributed by atoms with E-state index in [1.54, 1.807) is 25.3 Å². The molecular weight excluding hydrogens is 364 g/mol. The van der Waals surface area contributed by atoms with Crippen molar-refractivity contribution in [1.82, 2.24) is 14.6 Å². The summed E-state index contributed by atoms with van der Waals surface area (Å²) in [6.07, 6.45) is 1.68. The summed E-state index contributed by atoms with van der Waals surface area (Å²) in [5, 5.41) is 7.48. The molecular formula is C16H21ClN4O3S. The largest absolute Gasteiger partial charge is 0.383 e. The zero-order valence-electron chi connectivity index (χ0n) is 14.1. The van der Waals surface area contributed by atoms with Gasteiger partial charge >= 0.3 is 0 Å². The number of amides is 1. The molecule has 1 aromatic carbocycles. The van der Waals surface area contributed by atoms with Crippen LogP contribution in [0.5, 0.6) is 0 Å². The van der Waals surface area contributed by atoms with Crippen LogP contribution in [-0.2, 0) is 14.8 Å². The van der Waals surface area contributed by atoms with Crippen molar-refractivity contribution in [3.05, 3.63) is 35.5 Å². The molecule has 1 heterocycles. The van der Waals surface area contributed by atoms with E-state index in [9.17, 15) is 13.2 Å². The van der Waals surface area contributed by atoms with Crippen molar-refractivity contribution in [2.45, 2.75) is 6.92 Å².